The summed E-state index contributed by atoms with van der Waals surface area (Å²) in [6, 6.07) is -0.0369. The van der Waals surface area contributed by atoms with Gasteiger partial charge in [0.15, 0.2) is 11.0 Å². The molecule has 0 aromatic carbocycles. The van der Waals surface area contributed by atoms with E-state index in [1.165, 1.54) is 0 Å². The maximum absolute atomic E-state index is 13.1. The first-order valence-electron chi connectivity index (χ1n) is 8.47. The van der Waals surface area contributed by atoms with Gasteiger partial charge in [-0.15, -0.1) is 11.3 Å². The van der Waals surface area contributed by atoms with Crippen molar-refractivity contribution in [2.75, 3.05) is 24.5 Å². The van der Waals surface area contributed by atoms with Crippen LogP contribution in [0.5, 0.6) is 0 Å². The van der Waals surface area contributed by atoms with Crippen molar-refractivity contribution >= 4 is 22.4 Å². The Hall–Kier alpha value is -1.96. The lowest BCUT2D eigenvalue weighted by atomic mass is 9.96. The van der Waals surface area contributed by atoms with Crippen LogP contribution in [-0.4, -0.2) is 45.6 Å². The predicted molar refractivity (Wildman–Crippen MR) is 89.8 cm³/mol. The number of hydrogen-bond donors (Lipinski definition) is 0. The highest BCUT2D eigenvalue weighted by atomic mass is 32.1. The number of rotatable bonds is 3. The Morgan fingerprint density at radius 2 is 2.21 bits per heavy atom. The van der Waals surface area contributed by atoms with Crippen molar-refractivity contribution in [2.24, 2.45) is 5.92 Å². The monoisotopic (exact) mass is 347 g/mol. The number of carbonyl (C=O) groups is 1. The zero-order valence-electron chi connectivity index (χ0n) is 13.7. The number of hydrogen-bond acceptors (Lipinski definition) is 7. The Balaban J connectivity index is 1.48. The van der Waals surface area contributed by atoms with Gasteiger partial charge in [-0.1, -0.05) is 5.16 Å². The standard InChI is InChI=1S/C16H21N5O2S/c1-11-18-14(19-23-11)13-5-3-8-21(13)15(22)12-4-2-7-20(10-12)16-17-6-9-24-16/h6,9,12-13H,2-5,7-8,10H2,1H3/t12-,13+/m0/s1. The summed E-state index contributed by atoms with van der Waals surface area (Å²) >= 11 is 1.63. The van der Waals surface area contributed by atoms with Crippen LogP contribution in [0.1, 0.15) is 43.4 Å². The molecule has 7 nitrogen and oxygen atoms in total. The molecule has 2 aliphatic heterocycles. The quantitative estimate of drug-likeness (QED) is 0.849. The second-order valence-corrected chi connectivity index (χ2v) is 7.33. The molecule has 2 atom stereocenters. The lowest BCUT2D eigenvalue weighted by Crippen LogP contribution is -2.44. The molecule has 2 aromatic heterocycles. The Labute approximate surface area is 144 Å². The number of thiazole rings is 1. The summed E-state index contributed by atoms with van der Waals surface area (Å²) in [4.78, 5) is 26.0. The van der Waals surface area contributed by atoms with Crippen LogP contribution in [0.15, 0.2) is 16.1 Å². The van der Waals surface area contributed by atoms with E-state index in [-0.39, 0.29) is 17.9 Å². The Morgan fingerprint density at radius 1 is 1.33 bits per heavy atom. The molecule has 0 spiro atoms. The molecule has 2 fully saturated rings. The molecule has 0 unspecified atom stereocenters. The molecule has 0 N–H and O–H groups in total. The average molecular weight is 347 g/mol. The maximum atomic E-state index is 13.1. The van der Waals surface area contributed by atoms with Crippen LogP contribution in [-0.2, 0) is 4.79 Å². The number of aryl methyl sites for hydroxylation is 1. The van der Waals surface area contributed by atoms with Crippen LogP contribution in [0, 0.1) is 12.8 Å². The van der Waals surface area contributed by atoms with Crippen LogP contribution in [0.2, 0.25) is 0 Å². The topological polar surface area (TPSA) is 75.4 Å². The molecule has 4 rings (SSSR count). The highest BCUT2D eigenvalue weighted by Gasteiger charge is 2.38. The molecule has 4 heterocycles. The third kappa shape index (κ3) is 2.90. The lowest BCUT2D eigenvalue weighted by molar-refractivity contribution is -0.137. The summed E-state index contributed by atoms with van der Waals surface area (Å²) in [6.07, 6.45) is 5.69. The molecule has 24 heavy (non-hydrogen) atoms. The van der Waals surface area contributed by atoms with Crippen LogP contribution in [0.3, 0.4) is 0 Å². The average Bonchev–Trinajstić information content (AvgIpc) is 3.35. The van der Waals surface area contributed by atoms with E-state index >= 15 is 0 Å². The second kappa shape index (κ2) is 6.51. The summed E-state index contributed by atoms with van der Waals surface area (Å²) in [7, 11) is 0. The lowest BCUT2D eigenvalue weighted by Gasteiger charge is -2.35. The minimum absolute atomic E-state index is 0.0243. The van der Waals surface area contributed by atoms with Crippen LogP contribution < -0.4 is 4.90 Å². The molecule has 0 radical (unpaired) electrons. The highest BCUT2D eigenvalue weighted by molar-refractivity contribution is 7.13. The van der Waals surface area contributed by atoms with E-state index in [1.54, 1.807) is 18.3 Å². The first-order chi connectivity index (χ1) is 11.7. The number of carbonyl (C=O) groups excluding carboxylic acids is 1. The van der Waals surface area contributed by atoms with Crippen molar-refractivity contribution in [1.29, 1.82) is 0 Å². The fourth-order valence-electron chi connectivity index (χ4n) is 3.71. The maximum Gasteiger partial charge on any atom is 0.228 e. The number of likely N-dealkylation sites (tertiary alicyclic amines) is 1. The molecular weight excluding hydrogens is 326 g/mol. The van der Waals surface area contributed by atoms with Crippen molar-refractivity contribution in [3.8, 4) is 0 Å². The molecule has 128 valence electrons. The molecule has 8 heteroatoms. The summed E-state index contributed by atoms with van der Waals surface area (Å²) in [5.41, 5.74) is 0. The van der Waals surface area contributed by atoms with E-state index in [0.717, 1.165) is 50.4 Å². The van der Waals surface area contributed by atoms with Gasteiger partial charge in [0.2, 0.25) is 11.8 Å². The van der Waals surface area contributed by atoms with Crippen molar-refractivity contribution in [3.05, 3.63) is 23.3 Å². The van der Waals surface area contributed by atoms with Gasteiger partial charge in [-0.25, -0.2) is 4.98 Å². The number of aromatic nitrogens is 3. The fourth-order valence-corrected chi connectivity index (χ4v) is 4.39. The third-order valence-corrected chi connectivity index (χ3v) is 5.67. The minimum Gasteiger partial charge on any atom is -0.347 e. The van der Waals surface area contributed by atoms with Crippen LogP contribution in [0.25, 0.3) is 0 Å². The first-order valence-corrected chi connectivity index (χ1v) is 9.35. The van der Waals surface area contributed by atoms with Gasteiger partial charge in [-0.05, 0) is 25.7 Å². The molecule has 0 aliphatic carbocycles. The molecule has 2 aromatic rings. The molecule has 2 aliphatic rings. The second-order valence-electron chi connectivity index (χ2n) is 6.46. The summed E-state index contributed by atoms with van der Waals surface area (Å²) in [5, 5.41) is 7.03. The van der Waals surface area contributed by atoms with Gasteiger partial charge < -0.3 is 14.3 Å². The number of amides is 1. The molecular formula is C16H21N5O2S. The zero-order chi connectivity index (χ0) is 16.5. The number of nitrogens with zero attached hydrogens (tertiary/aromatic N) is 5. The fraction of sp³-hybridized carbons (Fsp3) is 0.625. The summed E-state index contributed by atoms with van der Waals surface area (Å²) in [6.45, 7) is 4.29. The normalized spacial score (nSPS) is 24.5. The van der Waals surface area contributed by atoms with Gasteiger partial charge in [0.05, 0.1) is 12.0 Å². The third-order valence-electron chi connectivity index (χ3n) is 4.84. The van der Waals surface area contributed by atoms with Crippen LogP contribution >= 0.6 is 11.3 Å². The largest absolute Gasteiger partial charge is 0.347 e. The smallest absolute Gasteiger partial charge is 0.228 e. The molecule has 2 saturated heterocycles. The predicted octanol–water partition coefficient (Wildman–Crippen LogP) is 2.41. The van der Waals surface area contributed by atoms with Crippen LogP contribution in [0.4, 0.5) is 5.13 Å². The van der Waals surface area contributed by atoms with Crippen molar-refractivity contribution in [2.45, 2.75) is 38.6 Å². The molecule has 0 saturated carbocycles. The van der Waals surface area contributed by atoms with E-state index in [4.69, 9.17) is 4.52 Å². The van der Waals surface area contributed by atoms with Gasteiger partial charge in [0, 0.05) is 38.1 Å². The molecule has 1 amide bonds. The van der Waals surface area contributed by atoms with E-state index in [2.05, 4.69) is 20.0 Å². The summed E-state index contributed by atoms with van der Waals surface area (Å²) < 4.78 is 5.10. The van der Waals surface area contributed by atoms with E-state index in [1.807, 2.05) is 16.5 Å². The zero-order valence-corrected chi connectivity index (χ0v) is 14.5. The van der Waals surface area contributed by atoms with Gasteiger partial charge in [0.1, 0.15) is 0 Å². The van der Waals surface area contributed by atoms with E-state index in [0.29, 0.717) is 11.7 Å². The minimum atomic E-state index is -0.0369. The van der Waals surface area contributed by atoms with Gasteiger partial charge in [-0.2, -0.15) is 4.98 Å². The Morgan fingerprint density at radius 3 is 2.96 bits per heavy atom. The number of piperidine rings is 1. The van der Waals surface area contributed by atoms with E-state index in [9.17, 15) is 4.79 Å². The van der Waals surface area contributed by atoms with Crippen molar-refractivity contribution in [3.63, 3.8) is 0 Å². The van der Waals surface area contributed by atoms with Gasteiger partial charge in [0.25, 0.3) is 0 Å². The van der Waals surface area contributed by atoms with E-state index < -0.39 is 0 Å². The SMILES string of the molecule is Cc1nc([C@H]2CCCN2C(=O)[C@H]2CCCN(c3nccs3)C2)no1. The highest BCUT2D eigenvalue weighted by Crippen LogP contribution is 2.33. The number of anilines is 1. The first kappa shape index (κ1) is 15.6. The Bertz CT molecular complexity index is 701. The van der Waals surface area contributed by atoms with Gasteiger partial charge >= 0.3 is 0 Å². The van der Waals surface area contributed by atoms with Crippen molar-refractivity contribution in [1.82, 2.24) is 20.0 Å². The molecule has 0 bridgehead atoms. The van der Waals surface area contributed by atoms with Crippen molar-refractivity contribution < 1.29 is 9.32 Å². The Kier molecular flexibility index (Phi) is 4.22. The summed E-state index contributed by atoms with van der Waals surface area (Å²) in [5.74, 6) is 1.44. The van der Waals surface area contributed by atoms with Gasteiger partial charge in [-0.3, -0.25) is 4.79 Å².